The smallest absolute Gasteiger partial charge is 0.196 e. The number of halogens is 1. The predicted molar refractivity (Wildman–Crippen MR) is 95.4 cm³/mol. The zero-order valence-corrected chi connectivity index (χ0v) is 15.3. The molecule has 2 aromatic carbocycles. The molecule has 0 radical (unpaired) electrons. The summed E-state index contributed by atoms with van der Waals surface area (Å²) in [6, 6.07) is 18.3. The average molecular weight is 401 g/mol. The van der Waals surface area contributed by atoms with Crippen LogP contribution in [0.5, 0.6) is 5.75 Å². The van der Waals surface area contributed by atoms with Gasteiger partial charge in [0.25, 0.3) is 0 Å². The lowest BCUT2D eigenvalue weighted by Crippen LogP contribution is -3.00. The molecule has 0 saturated heterocycles. The molecule has 2 aromatic rings. The maximum Gasteiger partial charge on any atom is 0.196 e. The zero-order valence-electron chi connectivity index (χ0n) is 12.9. The summed E-state index contributed by atoms with van der Waals surface area (Å²) in [4.78, 5) is 2.12. The molecule has 0 aromatic heterocycles. The fourth-order valence-electron chi connectivity index (χ4n) is 2.52. The van der Waals surface area contributed by atoms with E-state index in [0.717, 1.165) is 27.9 Å². The van der Waals surface area contributed by atoms with E-state index >= 15 is 0 Å². The van der Waals surface area contributed by atoms with E-state index in [0.29, 0.717) is 0 Å². The number of hydrogen-bond acceptors (Lipinski definition) is 5. The lowest BCUT2D eigenvalue weighted by molar-refractivity contribution is -0.00000477. The summed E-state index contributed by atoms with van der Waals surface area (Å²) in [7, 11) is 1.67. The third-order valence-corrected chi connectivity index (χ3v) is 4.58. The summed E-state index contributed by atoms with van der Waals surface area (Å²) in [5.41, 5.74) is 7.47. The highest BCUT2D eigenvalue weighted by molar-refractivity contribution is 8.16. The van der Waals surface area contributed by atoms with E-state index in [2.05, 4.69) is 39.2 Å². The summed E-state index contributed by atoms with van der Waals surface area (Å²) in [5, 5.41) is 7.53. The van der Waals surface area contributed by atoms with Crippen LogP contribution in [-0.2, 0) is 0 Å². The van der Waals surface area contributed by atoms with E-state index in [4.69, 9.17) is 4.74 Å². The first-order chi connectivity index (χ1) is 11.3. The summed E-state index contributed by atoms with van der Waals surface area (Å²) in [6.07, 6.45) is 2.09. The summed E-state index contributed by atoms with van der Waals surface area (Å²) in [5.74, 6) is 0.843. The normalized spacial score (nSPS) is 15.4. The van der Waals surface area contributed by atoms with Crippen LogP contribution in [0.15, 0.2) is 71.3 Å². The number of fused-ring (bicyclic) bond motifs is 1. The lowest BCUT2D eigenvalue weighted by atomic mass is 10.1. The molecule has 122 valence electrons. The standard InChI is InChI=1S/C18H15N3OS.BrH/c1-22-15-9-7-13(8-10-15)16-11-21-17(12-23-18(21)20-19-16)14-5-3-2-4-6-14;/h2-12,19H,1H3;1H/p-1. The number of nitrogens with one attached hydrogen (secondary N) is 1. The minimum atomic E-state index is 0. The van der Waals surface area contributed by atoms with Crippen molar-refractivity contribution in [3.8, 4) is 5.75 Å². The highest BCUT2D eigenvalue weighted by Crippen LogP contribution is 2.36. The molecule has 0 aliphatic carbocycles. The molecule has 0 bridgehead atoms. The summed E-state index contributed by atoms with van der Waals surface area (Å²) >= 11 is 1.62. The van der Waals surface area contributed by atoms with Gasteiger partial charge in [-0.25, -0.2) is 0 Å². The molecule has 6 heteroatoms. The third-order valence-electron chi connectivity index (χ3n) is 3.74. The van der Waals surface area contributed by atoms with Crippen molar-refractivity contribution in [2.45, 2.75) is 0 Å². The van der Waals surface area contributed by atoms with Crippen LogP contribution < -0.4 is 27.1 Å². The van der Waals surface area contributed by atoms with Crippen LogP contribution in [-0.4, -0.2) is 17.2 Å². The van der Waals surface area contributed by atoms with Gasteiger partial charge in [-0.2, -0.15) is 0 Å². The molecule has 0 amide bonds. The van der Waals surface area contributed by atoms with Gasteiger partial charge in [0.2, 0.25) is 0 Å². The second kappa shape index (κ2) is 7.15. The van der Waals surface area contributed by atoms with Crippen molar-refractivity contribution in [1.82, 2.24) is 10.3 Å². The molecule has 4 nitrogen and oxygen atoms in total. The number of methoxy groups -OCH3 is 1. The molecular weight excluding hydrogens is 386 g/mol. The molecule has 2 aliphatic heterocycles. The number of hydrazone groups is 1. The minimum absolute atomic E-state index is 0. The second-order valence-corrected chi connectivity index (χ2v) is 5.97. The van der Waals surface area contributed by atoms with Crippen molar-refractivity contribution in [1.29, 1.82) is 0 Å². The van der Waals surface area contributed by atoms with Crippen LogP contribution >= 0.6 is 11.8 Å². The van der Waals surface area contributed by atoms with E-state index in [1.165, 1.54) is 5.56 Å². The number of rotatable bonds is 3. The maximum atomic E-state index is 5.21. The van der Waals surface area contributed by atoms with E-state index in [-0.39, 0.29) is 17.0 Å². The quantitative estimate of drug-likeness (QED) is 0.830. The van der Waals surface area contributed by atoms with Gasteiger partial charge in [0.15, 0.2) is 5.17 Å². The number of benzene rings is 2. The van der Waals surface area contributed by atoms with Gasteiger partial charge in [0.05, 0.1) is 18.5 Å². The largest absolute Gasteiger partial charge is 1.00 e. The Bertz CT molecular complexity index is 816. The van der Waals surface area contributed by atoms with Crippen molar-refractivity contribution in [3.63, 3.8) is 0 Å². The zero-order chi connectivity index (χ0) is 15.6. The van der Waals surface area contributed by atoms with Crippen LogP contribution in [0, 0.1) is 0 Å². The second-order valence-electron chi connectivity index (χ2n) is 5.13. The van der Waals surface area contributed by atoms with E-state index in [1.807, 2.05) is 42.5 Å². The van der Waals surface area contributed by atoms with Crippen LogP contribution in [0.1, 0.15) is 11.1 Å². The molecule has 0 unspecified atom stereocenters. The van der Waals surface area contributed by atoms with E-state index in [1.54, 1.807) is 18.9 Å². The fraction of sp³-hybridized carbons (Fsp3) is 0.0556. The Kier molecular flexibility index (Phi) is 4.97. The van der Waals surface area contributed by atoms with Crippen molar-refractivity contribution in [3.05, 3.63) is 77.3 Å². The van der Waals surface area contributed by atoms with Gasteiger partial charge in [0.1, 0.15) is 5.75 Å². The predicted octanol–water partition coefficient (Wildman–Crippen LogP) is 0.919. The van der Waals surface area contributed by atoms with E-state index < -0.39 is 0 Å². The van der Waals surface area contributed by atoms with Crippen molar-refractivity contribution >= 4 is 28.3 Å². The molecule has 4 rings (SSSR count). The number of ether oxygens (including phenoxy) is 1. The van der Waals surface area contributed by atoms with Crippen LogP contribution in [0.2, 0.25) is 0 Å². The topological polar surface area (TPSA) is 36.9 Å². The Morgan fingerprint density at radius 1 is 1.00 bits per heavy atom. The third kappa shape index (κ3) is 3.07. The Labute approximate surface area is 155 Å². The minimum Gasteiger partial charge on any atom is -1.00 e. The van der Waals surface area contributed by atoms with Crippen LogP contribution in [0.25, 0.3) is 11.4 Å². The molecule has 0 spiro atoms. The molecule has 0 saturated carbocycles. The highest BCUT2D eigenvalue weighted by atomic mass is 79.9. The van der Waals surface area contributed by atoms with Crippen molar-refractivity contribution < 1.29 is 21.7 Å². The van der Waals surface area contributed by atoms with Crippen LogP contribution in [0.3, 0.4) is 0 Å². The molecule has 2 aliphatic rings. The Morgan fingerprint density at radius 3 is 2.46 bits per heavy atom. The van der Waals surface area contributed by atoms with Gasteiger partial charge in [-0.3, -0.25) is 10.3 Å². The molecule has 0 fully saturated rings. The Hall–Kier alpha value is -2.18. The summed E-state index contributed by atoms with van der Waals surface area (Å²) < 4.78 is 5.21. The van der Waals surface area contributed by atoms with Gasteiger partial charge in [-0.15, -0.1) is 5.10 Å². The first-order valence-electron chi connectivity index (χ1n) is 7.26. The highest BCUT2D eigenvalue weighted by Gasteiger charge is 2.26. The van der Waals surface area contributed by atoms with Crippen molar-refractivity contribution in [2.24, 2.45) is 5.10 Å². The fourth-order valence-corrected chi connectivity index (χ4v) is 3.35. The number of hydrogen-bond donors (Lipinski definition) is 1. The van der Waals surface area contributed by atoms with Gasteiger partial charge >= 0.3 is 0 Å². The Balaban J connectivity index is 0.00000169. The van der Waals surface area contributed by atoms with Crippen molar-refractivity contribution in [2.75, 3.05) is 7.11 Å². The molecule has 24 heavy (non-hydrogen) atoms. The van der Waals surface area contributed by atoms with Gasteiger partial charge in [-0.1, -0.05) is 42.1 Å². The first-order valence-corrected chi connectivity index (χ1v) is 8.14. The monoisotopic (exact) mass is 400 g/mol. The summed E-state index contributed by atoms with van der Waals surface area (Å²) in [6.45, 7) is 0. The number of thioether (sulfide) groups is 1. The van der Waals surface area contributed by atoms with Gasteiger partial charge < -0.3 is 21.7 Å². The molecule has 0 atom stereocenters. The maximum absolute atomic E-state index is 5.21. The van der Waals surface area contributed by atoms with Gasteiger partial charge in [-0.05, 0) is 29.8 Å². The van der Waals surface area contributed by atoms with E-state index in [9.17, 15) is 0 Å². The first kappa shape index (κ1) is 16.7. The van der Waals surface area contributed by atoms with Gasteiger partial charge in [0, 0.05) is 17.2 Å². The number of amidine groups is 1. The molecule has 2 heterocycles. The molecular formula is C18H15BrN3OS-. The Morgan fingerprint density at radius 2 is 1.75 bits per heavy atom. The SMILES string of the molecule is COc1ccc(C2=CN3C(c4ccccc4)=CSC3=NN2)cc1.[Br-]. The average Bonchev–Trinajstić information content (AvgIpc) is 3.05. The van der Waals surface area contributed by atoms with Crippen LogP contribution in [0.4, 0.5) is 0 Å². The number of nitrogens with zero attached hydrogens (tertiary/aromatic N) is 2. The molecule has 1 N–H and O–H groups in total. The lowest BCUT2D eigenvalue weighted by Gasteiger charge is -2.24.